The van der Waals surface area contributed by atoms with E-state index in [0.29, 0.717) is 18.9 Å². The van der Waals surface area contributed by atoms with Crippen molar-refractivity contribution in [2.45, 2.75) is 46.1 Å². The number of para-hydroxylation sites is 1. The lowest BCUT2D eigenvalue weighted by Crippen LogP contribution is -2.37. The Morgan fingerprint density at radius 1 is 1.41 bits per heavy atom. The number of hydrogen-bond acceptors (Lipinski definition) is 3. The molecule has 2 unspecified atom stereocenters. The Bertz CT molecular complexity index is 476. The van der Waals surface area contributed by atoms with E-state index < -0.39 is 0 Å². The maximum atomic E-state index is 12.0. The molecule has 0 radical (unpaired) electrons. The molecule has 122 valence electrons. The van der Waals surface area contributed by atoms with Crippen molar-refractivity contribution >= 4 is 5.91 Å². The van der Waals surface area contributed by atoms with E-state index in [1.54, 1.807) is 0 Å². The Hall–Kier alpha value is -1.55. The van der Waals surface area contributed by atoms with Gasteiger partial charge in [-0.2, -0.15) is 0 Å². The molecule has 2 N–H and O–H groups in total. The number of rotatable bonds is 7. The minimum Gasteiger partial charge on any atom is -0.491 e. The van der Waals surface area contributed by atoms with Crippen LogP contribution in [0.25, 0.3) is 0 Å². The minimum atomic E-state index is 0.0215. The quantitative estimate of drug-likeness (QED) is 0.814. The molecule has 0 aliphatic carbocycles. The standard InChI is InChI=1S/C18H28N2O2/c1-13-5-4-6-14(2)18(13)22-12-15(3)20-17(21)8-7-16-9-10-19-11-16/h4-6,15-16,19H,7-12H2,1-3H3,(H,20,21). The Kier molecular flexibility index (Phi) is 6.25. The van der Waals surface area contributed by atoms with Crippen molar-refractivity contribution in [1.29, 1.82) is 0 Å². The Labute approximate surface area is 133 Å². The fourth-order valence-corrected chi connectivity index (χ4v) is 2.92. The van der Waals surface area contributed by atoms with Gasteiger partial charge < -0.3 is 15.4 Å². The predicted molar refractivity (Wildman–Crippen MR) is 89.2 cm³/mol. The Morgan fingerprint density at radius 2 is 2.14 bits per heavy atom. The second-order valence-corrected chi connectivity index (χ2v) is 6.40. The van der Waals surface area contributed by atoms with Crippen LogP contribution in [0, 0.1) is 19.8 Å². The van der Waals surface area contributed by atoms with Crippen LogP contribution in [0.2, 0.25) is 0 Å². The van der Waals surface area contributed by atoms with E-state index in [-0.39, 0.29) is 11.9 Å². The largest absolute Gasteiger partial charge is 0.491 e. The van der Waals surface area contributed by atoms with Crippen molar-refractivity contribution < 1.29 is 9.53 Å². The summed E-state index contributed by atoms with van der Waals surface area (Å²) in [7, 11) is 0. The van der Waals surface area contributed by atoms with Crippen molar-refractivity contribution in [2.24, 2.45) is 5.92 Å². The highest BCUT2D eigenvalue weighted by Crippen LogP contribution is 2.22. The zero-order valence-electron chi connectivity index (χ0n) is 13.9. The van der Waals surface area contributed by atoms with E-state index in [1.165, 1.54) is 6.42 Å². The number of nitrogens with one attached hydrogen (secondary N) is 2. The van der Waals surface area contributed by atoms with E-state index in [4.69, 9.17) is 4.74 Å². The Balaban J connectivity index is 1.70. The molecule has 1 aromatic rings. The third-order valence-corrected chi connectivity index (χ3v) is 4.24. The van der Waals surface area contributed by atoms with Crippen molar-refractivity contribution in [3.63, 3.8) is 0 Å². The van der Waals surface area contributed by atoms with E-state index in [0.717, 1.165) is 36.4 Å². The normalized spacial score (nSPS) is 19.0. The molecule has 1 heterocycles. The summed E-state index contributed by atoms with van der Waals surface area (Å²) < 4.78 is 5.88. The molecular formula is C18H28N2O2. The lowest BCUT2D eigenvalue weighted by molar-refractivity contribution is -0.122. The second kappa shape index (κ2) is 8.18. The first-order valence-electron chi connectivity index (χ1n) is 8.25. The molecule has 1 saturated heterocycles. The predicted octanol–water partition coefficient (Wildman–Crippen LogP) is 2.58. The molecule has 0 saturated carbocycles. The van der Waals surface area contributed by atoms with Gasteiger partial charge in [0.2, 0.25) is 5.91 Å². The second-order valence-electron chi connectivity index (χ2n) is 6.40. The van der Waals surface area contributed by atoms with Gasteiger partial charge in [0.1, 0.15) is 12.4 Å². The summed E-state index contributed by atoms with van der Waals surface area (Å²) in [5.41, 5.74) is 2.26. The van der Waals surface area contributed by atoms with Crippen molar-refractivity contribution in [1.82, 2.24) is 10.6 Å². The van der Waals surface area contributed by atoms with Gasteiger partial charge in [-0.25, -0.2) is 0 Å². The number of carbonyl (C=O) groups excluding carboxylic acids is 1. The highest BCUT2D eigenvalue weighted by Gasteiger charge is 2.16. The average Bonchev–Trinajstić information content (AvgIpc) is 2.98. The van der Waals surface area contributed by atoms with E-state index in [9.17, 15) is 4.79 Å². The number of carbonyl (C=O) groups is 1. The Morgan fingerprint density at radius 3 is 2.77 bits per heavy atom. The summed E-state index contributed by atoms with van der Waals surface area (Å²) in [6.07, 6.45) is 2.78. The topological polar surface area (TPSA) is 50.4 Å². The third kappa shape index (κ3) is 5.02. The van der Waals surface area contributed by atoms with Crippen LogP contribution in [-0.4, -0.2) is 31.6 Å². The fraction of sp³-hybridized carbons (Fsp3) is 0.611. The van der Waals surface area contributed by atoms with Gasteiger partial charge in [0.15, 0.2) is 0 Å². The molecule has 2 rings (SSSR count). The molecule has 0 bridgehead atoms. The lowest BCUT2D eigenvalue weighted by Gasteiger charge is -2.18. The molecule has 1 aliphatic heterocycles. The SMILES string of the molecule is Cc1cccc(C)c1OCC(C)NC(=O)CCC1CCNC1. The molecular weight excluding hydrogens is 276 g/mol. The summed E-state index contributed by atoms with van der Waals surface area (Å²) in [5.74, 6) is 1.72. The third-order valence-electron chi connectivity index (χ3n) is 4.24. The zero-order valence-corrected chi connectivity index (χ0v) is 13.9. The van der Waals surface area contributed by atoms with Crippen molar-refractivity contribution in [3.05, 3.63) is 29.3 Å². The maximum Gasteiger partial charge on any atom is 0.220 e. The van der Waals surface area contributed by atoms with Crippen LogP contribution in [0.4, 0.5) is 0 Å². The summed E-state index contributed by atoms with van der Waals surface area (Å²) in [5, 5.41) is 6.36. The van der Waals surface area contributed by atoms with Crippen LogP contribution >= 0.6 is 0 Å². The molecule has 0 spiro atoms. The zero-order chi connectivity index (χ0) is 15.9. The molecule has 4 nitrogen and oxygen atoms in total. The molecule has 1 aromatic carbocycles. The van der Waals surface area contributed by atoms with Crippen LogP contribution in [0.3, 0.4) is 0 Å². The molecule has 22 heavy (non-hydrogen) atoms. The van der Waals surface area contributed by atoms with Crippen LogP contribution in [0.15, 0.2) is 18.2 Å². The van der Waals surface area contributed by atoms with Crippen molar-refractivity contribution in [2.75, 3.05) is 19.7 Å². The van der Waals surface area contributed by atoms with E-state index in [1.807, 2.05) is 39.0 Å². The summed E-state index contributed by atoms with van der Waals surface area (Å²) >= 11 is 0. The van der Waals surface area contributed by atoms with Gasteiger partial charge in [0.05, 0.1) is 6.04 Å². The fourth-order valence-electron chi connectivity index (χ4n) is 2.92. The number of benzene rings is 1. The van der Waals surface area contributed by atoms with Gasteiger partial charge in [-0.15, -0.1) is 0 Å². The number of aryl methyl sites for hydroxylation is 2. The van der Waals surface area contributed by atoms with Crippen LogP contribution < -0.4 is 15.4 Å². The molecule has 1 aliphatic rings. The van der Waals surface area contributed by atoms with Gasteiger partial charge >= 0.3 is 0 Å². The first kappa shape index (κ1) is 16.8. The van der Waals surface area contributed by atoms with Crippen LogP contribution in [0.1, 0.15) is 37.3 Å². The molecule has 2 atom stereocenters. The number of hydrogen-bond donors (Lipinski definition) is 2. The van der Waals surface area contributed by atoms with Gasteiger partial charge in [-0.05, 0) is 63.7 Å². The molecule has 1 fully saturated rings. The maximum absolute atomic E-state index is 12.0. The monoisotopic (exact) mass is 304 g/mol. The first-order chi connectivity index (χ1) is 10.6. The van der Waals surface area contributed by atoms with Crippen molar-refractivity contribution in [3.8, 4) is 5.75 Å². The van der Waals surface area contributed by atoms with Crippen LogP contribution in [0.5, 0.6) is 5.75 Å². The number of amides is 1. The van der Waals surface area contributed by atoms with Gasteiger partial charge in [-0.3, -0.25) is 4.79 Å². The summed E-state index contributed by atoms with van der Waals surface area (Å²) in [6, 6.07) is 6.14. The summed E-state index contributed by atoms with van der Waals surface area (Å²) in [4.78, 5) is 12.0. The lowest BCUT2D eigenvalue weighted by atomic mass is 10.0. The number of ether oxygens (including phenoxy) is 1. The molecule has 0 aromatic heterocycles. The van der Waals surface area contributed by atoms with E-state index in [2.05, 4.69) is 10.6 Å². The van der Waals surface area contributed by atoms with Gasteiger partial charge in [0.25, 0.3) is 0 Å². The van der Waals surface area contributed by atoms with E-state index >= 15 is 0 Å². The smallest absolute Gasteiger partial charge is 0.220 e. The average molecular weight is 304 g/mol. The summed E-state index contributed by atoms with van der Waals surface area (Å²) in [6.45, 7) is 8.72. The van der Waals surface area contributed by atoms with Crippen LogP contribution in [-0.2, 0) is 4.79 Å². The minimum absolute atomic E-state index is 0.0215. The molecule has 4 heteroatoms. The van der Waals surface area contributed by atoms with Gasteiger partial charge in [0, 0.05) is 6.42 Å². The highest BCUT2D eigenvalue weighted by atomic mass is 16.5. The van der Waals surface area contributed by atoms with Gasteiger partial charge in [-0.1, -0.05) is 18.2 Å². The molecule has 1 amide bonds. The highest BCUT2D eigenvalue weighted by molar-refractivity contribution is 5.76. The first-order valence-corrected chi connectivity index (χ1v) is 8.25.